The lowest BCUT2D eigenvalue weighted by Gasteiger charge is -2.26. The summed E-state index contributed by atoms with van der Waals surface area (Å²) >= 11 is 0. The van der Waals surface area contributed by atoms with Gasteiger partial charge in [0.15, 0.2) is 11.5 Å². The summed E-state index contributed by atoms with van der Waals surface area (Å²) in [7, 11) is 0. The van der Waals surface area contributed by atoms with E-state index in [2.05, 4.69) is 18.7 Å². The van der Waals surface area contributed by atoms with E-state index in [-0.39, 0.29) is 25.7 Å². The van der Waals surface area contributed by atoms with Crippen molar-refractivity contribution in [3.63, 3.8) is 0 Å². The average molecular weight is 265 g/mol. The molecule has 0 saturated carbocycles. The second kappa shape index (κ2) is 5.00. The molecule has 1 fully saturated rings. The third-order valence-corrected chi connectivity index (χ3v) is 3.59. The fourth-order valence-electron chi connectivity index (χ4n) is 2.55. The average Bonchev–Trinajstić information content (AvgIpc) is 3.04. The fraction of sp³-hybridized carbons (Fsp3) is 0.571. The molecule has 1 aromatic carbocycles. The first-order valence-electron chi connectivity index (χ1n) is 6.60. The van der Waals surface area contributed by atoms with Gasteiger partial charge >= 0.3 is 0 Å². The van der Waals surface area contributed by atoms with Crippen LogP contribution in [0.2, 0.25) is 0 Å². The molecule has 0 amide bonds. The summed E-state index contributed by atoms with van der Waals surface area (Å²) in [6.45, 7) is 5.32. The van der Waals surface area contributed by atoms with Gasteiger partial charge in [-0.15, -0.1) is 0 Å². The molecule has 0 aromatic heterocycles. The summed E-state index contributed by atoms with van der Waals surface area (Å²) < 4.78 is 16.6. The van der Waals surface area contributed by atoms with Gasteiger partial charge in [0.25, 0.3) is 0 Å². The van der Waals surface area contributed by atoms with Gasteiger partial charge in [-0.05, 0) is 31.5 Å². The van der Waals surface area contributed by atoms with Crippen LogP contribution in [0.25, 0.3) is 0 Å². The van der Waals surface area contributed by atoms with Crippen LogP contribution in [0.3, 0.4) is 0 Å². The second-order valence-electron chi connectivity index (χ2n) is 5.20. The van der Waals surface area contributed by atoms with Crippen molar-refractivity contribution in [1.29, 1.82) is 0 Å². The summed E-state index contributed by atoms with van der Waals surface area (Å²) in [5.74, 6) is 1.54. The molecule has 3 rings (SSSR count). The molecule has 2 unspecified atom stereocenters. The van der Waals surface area contributed by atoms with Crippen LogP contribution in [0, 0.1) is 0 Å². The molecule has 0 radical (unpaired) electrons. The van der Waals surface area contributed by atoms with Crippen molar-refractivity contribution in [2.75, 3.05) is 19.9 Å². The number of aliphatic hydroxyl groups excluding tert-OH is 1. The Hall–Kier alpha value is -1.30. The minimum Gasteiger partial charge on any atom is -0.454 e. The molecule has 2 heterocycles. The van der Waals surface area contributed by atoms with E-state index in [4.69, 9.17) is 14.2 Å². The van der Waals surface area contributed by atoms with Gasteiger partial charge in [0, 0.05) is 12.6 Å². The molecule has 0 aliphatic carbocycles. The second-order valence-corrected chi connectivity index (χ2v) is 5.20. The molecule has 1 aromatic rings. The number of aliphatic hydroxyl groups is 1. The molecule has 1 saturated heterocycles. The third kappa shape index (κ3) is 2.29. The van der Waals surface area contributed by atoms with Crippen LogP contribution in [0.5, 0.6) is 11.5 Å². The number of ether oxygens (including phenoxy) is 3. The smallest absolute Gasteiger partial charge is 0.231 e. The minimum atomic E-state index is -0.133. The Kier molecular flexibility index (Phi) is 3.35. The van der Waals surface area contributed by atoms with E-state index in [0.29, 0.717) is 6.04 Å². The number of rotatable bonds is 3. The highest BCUT2D eigenvalue weighted by atomic mass is 16.7. The van der Waals surface area contributed by atoms with Crippen LogP contribution >= 0.6 is 0 Å². The molecule has 104 valence electrons. The molecule has 0 bridgehead atoms. The highest BCUT2D eigenvalue weighted by molar-refractivity contribution is 5.45. The first-order valence-corrected chi connectivity index (χ1v) is 6.60. The largest absolute Gasteiger partial charge is 0.454 e. The standard InChI is InChI=1S/C14H19NO4/c1-9(2)15-6-11(7-16)19-14(15)10-3-4-12-13(5-10)18-8-17-12/h3-5,9,11,14,16H,6-8H2,1-2H3. The Balaban J connectivity index is 1.87. The summed E-state index contributed by atoms with van der Waals surface area (Å²) in [5.41, 5.74) is 1.04. The number of nitrogens with zero attached hydrogens (tertiary/aromatic N) is 1. The first kappa shape index (κ1) is 12.7. The van der Waals surface area contributed by atoms with Gasteiger partial charge in [-0.1, -0.05) is 6.07 Å². The predicted molar refractivity (Wildman–Crippen MR) is 69.1 cm³/mol. The highest BCUT2D eigenvalue weighted by Crippen LogP contribution is 2.38. The maximum Gasteiger partial charge on any atom is 0.231 e. The zero-order valence-electron chi connectivity index (χ0n) is 11.2. The van der Waals surface area contributed by atoms with Crippen LogP contribution in [-0.2, 0) is 4.74 Å². The van der Waals surface area contributed by atoms with Gasteiger partial charge in [0.2, 0.25) is 6.79 Å². The van der Waals surface area contributed by atoms with E-state index in [1.165, 1.54) is 0 Å². The summed E-state index contributed by atoms with van der Waals surface area (Å²) in [6.07, 6.45) is -0.260. The van der Waals surface area contributed by atoms with Crippen molar-refractivity contribution in [3.05, 3.63) is 23.8 Å². The molecule has 0 spiro atoms. The first-order chi connectivity index (χ1) is 9.19. The van der Waals surface area contributed by atoms with E-state index >= 15 is 0 Å². The molecular weight excluding hydrogens is 246 g/mol. The summed E-state index contributed by atoms with van der Waals surface area (Å²) in [4.78, 5) is 2.23. The van der Waals surface area contributed by atoms with E-state index in [1.54, 1.807) is 0 Å². The van der Waals surface area contributed by atoms with E-state index in [0.717, 1.165) is 23.6 Å². The Labute approximate surface area is 112 Å². The monoisotopic (exact) mass is 265 g/mol. The fourth-order valence-corrected chi connectivity index (χ4v) is 2.55. The maximum atomic E-state index is 9.29. The third-order valence-electron chi connectivity index (χ3n) is 3.59. The van der Waals surface area contributed by atoms with Gasteiger partial charge in [-0.25, -0.2) is 0 Å². The zero-order chi connectivity index (χ0) is 13.4. The lowest BCUT2D eigenvalue weighted by molar-refractivity contribution is -0.0267. The predicted octanol–water partition coefficient (Wildman–Crippen LogP) is 1.52. The topological polar surface area (TPSA) is 51.2 Å². The van der Waals surface area contributed by atoms with Crippen molar-refractivity contribution >= 4 is 0 Å². The molecule has 5 heteroatoms. The number of hydrogen-bond donors (Lipinski definition) is 1. The van der Waals surface area contributed by atoms with Crippen molar-refractivity contribution in [2.45, 2.75) is 32.2 Å². The van der Waals surface area contributed by atoms with Gasteiger partial charge in [-0.2, -0.15) is 0 Å². The van der Waals surface area contributed by atoms with Gasteiger partial charge in [0.1, 0.15) is 6.23 Å². The SMILES string of the molecule is CC(C)N1CC(CO)OC1c1ccc2c(c1)OCO2. The highest BCUT2D eigenvalue weighted by Gasteiger charge is 2.35. The summed E-state index contributed by atoms with van der Waals surface area (Å²) in [5, 5.41) is 9.29. The van der Waals surface area contributed by atoms with Crippen LogP contribution in [0.15, 0.2) is 18.2 Å². The number of hydrogen-bond acceptors (Lipinski definition) is 5. The van der Waals surface area contributed by atoms with Gasteiger partial charge in [-0.3, -0.25) is 4.90 Å². The van der Waals surface area contributed by atoms with Crippen molar-refractivity contribution in [3.8, 4) is 11.5 Å². The lowest BCUT2D eigenvalue weighted by atomic mass is 10.1. The quantitative estimate of drug-likeness (QED) is 0.898. The van der Waals surface area contributed by atoms with Crippen LogP contribution in [0.1, 0.15) is 25.6 Å². The van der Waals surface area contributed by atoms with Gasteiger partial charge in [0.05, 0.1) is 12.7 Å². The van der Waals surface area contributed by atoms with Crippen LogP contribution in [-0.4, -0.2) is 42.1 Å². The number of fused-ring (bicyclic) bond motifs is 1. The summed E-state index contributed by atoms with van der Waals surface area (Å²) in [6, 6.07) is 6.22. The molecule has 1 N–H and O–H groups in total. The van der Waals surface area contributed by atoms with Crippen LogP contribution in [0.4, 0.5) is 0 Å². The van der Waals surface area contributed by atoms with Crippen molar-refractivity contribution < 1.29 is 19.3 Å². The molecule has 5 nitrogen and oxygen atoms in total. The molecule has 2 aliphatic heterocycles. The molecule has 2 aliphatic rings. The van der Waals surface area contributed by atoms with Crippen LogP contribution < -0.4 is 9.47 Å². The normalized spacial score (nSPS) is 26.3. The molecule has 19 heavy (non-hydrogen) atoms. The minimum absolute atomic E-state index is 0.0459. The lowest BCUT2D eigenvalue weighted by Crippen LogP contribution is -2.32. The maximum absolute atomic E-state index is 9.29. The Bertz CT molecular complexity index is 463. The number of benzene rings is 1. The van der Waals surface area contributed by atoms with E-state index in [9.17, 15) is 5.11 Å². The molecule has 2 atom stereocenters. The van der Waals surface area contributed by atoms with Crippen molar-refractivity contribution in [2.24, 2.45) is 0 Å². The Morgan fingerprint density at radius 2 is 2.11 bits per heavy atom. The molecular formula is C14H19NO4. The zero-order valence-corrected chi connectivity index (χ0v) is 11.2. The Morgan fingerprint density at radius 3 is 2.84 bits per heavy atom. The Morgan fingerprint density at radius 1 is 1.32 bits per heavy atom. The van der Waals surface area contributed by atoms with Gasteiger partial charge < -0.3 is 19.3 Å². The van der Waals surface area contributed by atoms with Crippen molar-refractivity contribution in [1.82, 2.24) is 4.90 Å². The van der Waals surface area contributed by atoms with E-state index < -0.39 is 0 Å². The van der Waals surface area contributed by atoms with E-state index in [1.807, 2.05) is 18.2 Å².